The van der Waals surface area contributed by atoms with Crippen LogP contribution < -0.4 is 5.32 Å². The highest BCUT2D eigenvalue weighted by atomic mass is 15.1. The Bertz CT molecular complexity index is 308. The molecule has 1 saturated heterocycles. The Labute approximate surface area is 133 Å². The Balaban J connectivity index is 1.90. The standard InChI is InChI=1S/C19H38N2/c1-16-7-6-10-19(13-16,14-20-5)15-21-11-8-17(9-12-21)18(2,3)4/h16-17,20H,6-15H2,1-5H3. The van der Waals surface area contributed by atoms with E-state index in [1.165, 1.54) is 64.7 Å². The third-order valence-corrected chi connectivity index (χ3v) is 6.11. The second-order valence-corrected chi connectivity index (χ2v) is 9.15. The Morgan fingerprint density at radius 3 is 2.33 bits per heavy atom. The van der Waals surface area contributed by atoms with E-state index in [9.17, 15) is 0 Å². The van der Waals surface area contributed by atoms with Gasteiger partial charge in [-0.1, -0.05) is 40.5 Å². The normalized spacial score (nSPS) is 33.3. The minimum absolute atomic E-state index is 0.494. The van der Waals surface area contributed by atoms with Gasteiger partial charge in [0.15, 0.2) is 0 Å². The fourth-order valence-electron chi connectivity index (χ4n) is 4.94. The van der Waals surface area contributed by atoms with Crippen molar-refractivity contribution in [2.45, 2.75) is 66.2 Å². The van der Waals surface area contributed by atoms with Gasteiger partial charge in [-0.3, -0.25) is 0 Å². The largest absolute Gasteiger partial charge is 0.319 e. The van der Waals surface area contributed by atoms with Gasteiger partial charge < -0.3 is 10.2 Å². The molecule has 2 fully saturated rings. The van der Waals surface area contributed by atoms with E-state index in [4.69, 9.17) is 0 Å². The van der Waals surface area contributed by atoms with Gasteiger partial charge in [0, 0.05) is 13.1 Å². The average molecular weight is 295 g/mol. The van der Waals surface area contributed by atoms with Gasteiger partial charge in [-0.2, -0.15) is 0 Å². The summed E-state index contributed by atoms with van der Waals surface area (Å²) in [5, 5.41) is 3.49. The van der Waals surface area contributed by atoms with E-state index in [0.29, 0.717) is 10.8 Å². The zero-order valence-corrected chi connectivity index (χ0v) is 15.2. The van der Waals surface area contributed by atoms with Crippen LogP contribution in [0.3, 0.4) is 0 Å². The molecule has 0 bridgehead atoms. The highest BCUT2D eigenvalue weighted by Gasteiger charge is 2.37. The highest BCUT2D eigenvalue weighted by Crippen LogP contribution is 2.41. The molecule has 1 heterocycles. The van der Waals surface area contributed by atoms with Crippen LogP contribution in [0.5, 0.6) is 0 Å². The Kier molecular flexibility index (Phi) is 5.76. The molecule has 2 nitrogen and oxygen atoms in total. The lowest BCUT2D eigenvalue weighted by Crippen LogP contribution is -2.48. The van der Waals surface area contributed by atoms with Crippen LogP contribution in [0, 0.1) is 22.7 Å². The van der Waals surface area contributed by atoms with Crippen molar-refractivity contribution in [3.05, 3.63) is 0 Å². The molecular weight excluding hydrogens is 256 g/mol. The van der Waals surface area contributed by atoms with E-state index in [1.54, 1.807) is 0 Å². The number of hydrogen-bond donors (Lipinski definition) is 1. The summed E-state index contributed by atoms with van der Waals surface area (Å²) in [4.78, 5) is 2.78. The average Bonchev–Trinajstić information content (AvgIpc) is 2.38. The minimum atomic E-state index is 0.494. The Morgan fingerprint density at radius 1 is 1.14 bits per heavy atom. The molecule has 124 valence electrons. The minimum Gasteiger partial charge on any atom is -0.319 e. The molecule has 1 saturated carbocycles. The van der Waals surface area contributed by atoms with Crippen LogP contribution in [0.15, 0.2) is 0 Å². The summed E-state index contributed by atoms with van der Waals surface area (Å²) < 4.78 is 0. The molecule has 1 N–H and O–H groups in total. The fourth-order valence-corrected chi connectivity index (χ4v) is 4.94. The quantitative estimate of drug-likeness (QED) is 0.837. The third kappa shape index (κ3) is 4.69. The van der Waals surface area contributed by atoms with Gasteiger partial charge >= 0.3 is 0 Å². The lowest BCUT2D eigenvalue weighted by atomic mass is 9.69. The molecule has 1 aliphatic heterocycles. The van der Waals surface area contributed by atoms with Crippen molar-refractivity contribution in [1.29, 1.82) is 0 Å². The van der Waals surface area contributed by atoms with Gasteiger partial charge in [0.2, 0.25) is 0 Å². The Morgan fingerprint density at radius 2 is 1.81 bits per heavy atom. The first-order valence-electron chi connectivity index (χ1n) is 9.22. The fraction of sp³-hybridized carbons (Fsp3) is 1.00. The van der Waals surface area contributed by atoms with Crippen LogP contribution in [-0.4, -0.2) is 38.1 Å². The molecule has 1 aliphatic carbocycles. The van der Waals surface area contributed by atoms with Crippen molar-refractivity contribution in [3.8, 4) is 0 Å². The molecule has 0 aromatic rings. The zero-order chi connectivity index (χ0) is 15.5. The summed E-state index contributed by atoms with van der Waals surface area (Å²) >= 11 is 0. The summed E-state index contributed by atoms with van der Waals surface area (Å²) in [7, 11) is 2.13. The summed E-state index contributed by atoms with van der Waals surface area (Å²) in [5.41, 5.74) is 1.04. The molecule has 2 atom stereocenters. The summed E-state index contributed by atoms with van der Waals surface area (Å²) in [5.74, 6) is 1.83. The van der Waals surface area contributed by atoms with E-state index in [2.05, 4.69) is 45.0 Å². The van der Waals surface area contributed by atoms with E-state index in [-0.39, 0.29) is 0 Å². The molecule has 0 radical (unpaired) electrons. The molecular formula is C19H38N2. The Hall–Kier alpha value is -0.0800. The number of hydrogen-bond acceptors (Lipinski definition) is 2. The van der Waals surface area contributed by atoms with Crippen LogP contribution >= 0.6 is 0 Å². The lowest BCUT2D eigenvalue weighted by molar-refractivity contribution is 0.0452. The van der Waals surface area contributed by atoms with Gasteiger partial charge in [-0.25, -0.2) is 0 Å². The maximum Gasteiger partial charge on any atom is 0.00502 e. The summed E-state index contributed by atoms with van der Waals surface area (Å²) in [6, 6.07) is 0. The van der Waals surface area contributed by atoms with Crippen molar-refractivity contribution in [3.63, 3.8) is 0 Å². The van der Waals surface area contributed by atoms with Crippen molar-refractivity contribution < 1.29 is 0 Å². The number of likely N-dealkylation sites (tertiary alicyclic amines) is 1. The molecule has 0 amide bonds. The van der Waals surface area contributed by atoms with E-state index in [0.717, 1.165) is 11.8 Å². The molecule has 2 unspecified atom stereocenters. The second kappa shape index (κ2) is 7.00. The molecule has 0 spiro atoms. The number of nitrogens with zero attached hydrogens (tertiary/aromatic N) is 1. The SMILES string of the molecule is CNCC1(CN2CCC(C(C)(C)C)CC2)CCCC(C)C1. The van der Waals surface area contributed by atoms with Gasteiger partial charge in [0.1, 0.15) is 0 Å². The first-order chi connectivity index (χ1) is 9.85. The summed E-state index contributed by atoms with van der Waals surface area (Å²) in [6.45, 7) is 14.9. The maximum absolute atomic E-state index is 3.49. The van der Waals surface area contributed by atoms with Gasteiger partial charge in [0.05, 0.1) is 0 Å². The molecule has 0 aromatic carbocycles. The van der Waals surface area contributed by atoms with Gasteiger partial charge in [-0.15, -0.1) is 0 Å². The zero-order valence-electron chi connectivity index (χ0n) is 15.2. The van der Waals surface area contributed by atoms with Crippen LogP contribution in [0.25, 0.3) is 0 Å². The van der Waals surface area contributed by atoms with Gasteiger partial charge in [0.25, 0.3) is 0 Å². The number of nitrogens with one attached hydrogen (secondary N) is 1. The topological polar surface area (TPSA) is 15.3 Å². The summed E-state index contributed by atoms with van der Waals surface area (Å²) in [6.07, 6.45) is 8.52. The first kappa shape index (κ1) is 17.3. The van der Waals surface area contributed by atoms with Crippen molar-refractivity contribution in [1.82, 2.24) is 10.2 Å². The molecule has 0 aromatic heterocycles. The van der Waals surface area contributed by atoms with E-state index < -0.39 is 0 Å². The van der Waals surface area contributed by atoms with Crippen molar-refractivity contribution in [2.75, 3.05) is 33.2 Å². The first-order valence-corrected chi connectivity index (χ1v) is 9.22. The number of piperidine rings is 1. The second-order valence-electron chi connectivity index (χ2n) is 9.15. The number of rotatable bonds is 4. The monoisotopic (exact) mass is 294 g/mol. The molecule has 2 heteroatoms. The van der Waals surface area contributed by atoms with E-state index >= 15 is 0 Å². The lowest BCUT2D eigenvalue weighted by Gasteiger charge is -2.46. The molecule has 21 heavy (non-hydrogen) atoms. The predicted octanol–water partition coefficient (Wildman–Crippen LogP) is 4.16. The van der Waals surface area contributed by atoms with Crippen molar-refractivity contribution in [2.24, 2.45) is 22.7 Å². The third-order valence-electron chi connectivity index (χ3n) is 6.11. The van der Waals surface area contributed by atoms with Crippen LogP contribution in [-0.2, 0) is 0 Å². The van der Waals surface area contributed by atoms with Gasteiger partial charge in [-0.05, 0) is 68.5 Å². The smallest absolute Gasteiger partial charge is 0.00502 e. The maximum atomic E-state index is 3.49. The van der Waals surface area contributed by atoms with Crippen LogP contribution in [0.2, 0.25) is 0 Å². The van der Waals surface area contributed by atoms with Crippen LogP contribution in [0.1, 0.15) is 66.2 Å². The van der Waals surface area contributed by atoms with Crippen molar-refractivity contribution >= 4 is 0 Å². The molecule has 2 aliphatic rings. The predicted molar refractivity (Wildman–Crippen MR) is 92.6 cm³/mol. The highest BCUT2D eigenvalue weighted by molar-refractivity contribution is 4.91. The van der Waals surface area contributed by atoms with E-state index in [1.807, 2.05) is 0 Å². The van der Waals surface area contributed by atoms with Crippen LogP contribution in [0.4, 0.5) is 0 Å². The molecule has 2 rings (SSSR count).